The first-order valence-electron chi connectivity index (χ1n) is 3.63. The van der Waals surface area contributed by atoms with E-state index in [4.69, 9.17) is 10.2 Å². The predicted octanol–water partition coefficient (Wildman–Crippen LogP) is 0.263. The Hall–Kier alpha value is -0.670. The molecule has 0 heterocycles. The Balaban J connectivity index is 3.43. The standard InChI is InChI=1S/C8H14O3/c1-7(10)6-8(11)4-2-3-5-9/h2-3,5,7-8,10-11H,4,6H2,1H3/b3-2+. The molecular formula is C8H14O3. The van der Waals surface area contributed by atoms with Gasteiger partial charge in [0, 0.05) is 0 Å². The first-order valence-corrected chi connectivity index (χ1v) is 3.63. The minimum Gasteiger partial charge on any atom is -0.393 e. The van der Waals surface area contributed by atoms with Gasteiger partial charge >= 0.3 is 0 Å². The molecule has 0 aliphatic carbocycles. The molecule has 0 bridgehead atoms. The molecule has 2 unspecified atom stereocenters. The van der Waals surface area contributed by atoms with E-state index in [1.54, 1.807) is 13.0 Å². The maximum Gasteiger partial charge on any atom is 0.142 e. The van der Waals surface area contributed by atoms with Crippen molar-refractivity contribution in [2.75, 3.05) is 0 Å². The molecule has 0 rings (SSSR count). The van der Waals surface area contributed by atoms with Crippen LogP contribution < -0.4 is 0 Å². The fourth-order valence-corrected chi connectivity index (χ4v) is 0.781. The number of carbonyl (C=O) groups excluding carboxylic acids is 1. The van der Waals surface area contributed by atoms with E-state index in [0.29, 0.717) is 19.1 Å². The minimum atomic E-state index is -0.550. The summed E-state index contributed by atoms with van der Waals surface area (Å²) in [6, 6.07) is 0. The molecule has 0 radical (unpaired) electrons. The van der Waals surface area contributed by atoms with Gasteiger partial charge in [0.1, 0.15) is 6.29 Å². The number of aliphatic hydroxyl groups excluding tert-OH is 2. The monoisotopic (exact) mass is 158 g/mol. The largest absolute Gasteiger partial charge is 0.393 e. The van der Waals surface area contributed by atoms with Crippen LogP contribution in [-0.2, 0) is 4.79 Å². The number of hydrogen-bond donors (Lipinski definition) is 2. The Morgan fingerprint density at radius 3 is 2.55 bits per heavy atom. The molecule has 0 aromatic rings. The highest BCUT2D eigenvalue weighted by Gasteiger charge is 2.04. The summed E-state index contributed by atoms with van der Waals surface area (Å²) in [4.78, 5) is 9.79. The van der Waals surface area contributed by atoms with Crippen molar-refractivity contribution in [3.05, 3.63) is 12.2 Å². The maximum absolute atomic E-state index is 9.79. The summed E-state index contributed by atoms with van der Waals surface area (Å²) >= 11 is 0. The summed E-state index contributed by atoms with van der Waals surface area (Å²) in [6.45, 7) is 1.62. The zero-order valence-electron chi connectivity index (χ0n) is 6.60. The Morgan fingerprint density at radius 1 is 1.45 bits per heavy atom. The Morgan fingerprint density at radius 2 is 2.09 bits per heavy atom. The van der Waals surface area contributed by atoms with Crippen LogP contribution in [0.3, 0.4) is 0 Å². The summed E-state index contributed by atoms with van der Waals surface area (Å²) in [7, 11) is 0. The second-order valence-electron chi connectivity index (χ2n) is 2.54. The number of rotatable bonds is 5. The van der Waals surface area contributed by atoms with Gasteiger partial charge in [0.05, 0.1) is 12.2 Å². The van der Waals surface area contributed by atoms with E-state index in [2.05, 4.69) is 0 Å². The van der Waals surface area contributed by atoms with E-state index < -0.39 is 12.2 Å². The molecule has 0 spiro atoms. The molecule has 0 saturated heterocycles. The second-order valence-corrected chi connectivity index (χ2v) is 2.54. The molecule has 0 aliphatic rings. The van der Waals surface area contributed by atoms with Gasteiger partial charge in [-0.25, -0.2) is 0 Å². The molecule has 3 nitrogen and oxygen atoms in total. The molecule has 0 amide bonds. The fraction of sp³-hybridized carbons (Fsp3) is 0.625. The highest BCUT2D eigenvalue weighted by atomic mass is 16.3. The molecule has 2 N–H and O–H groups in total. The highest BCUT2D eigenvalue weighted by Crippen LogP contribution is 2.01. The third-order valence-corrected chi connectivity index (χ3v) is 1.24. The summed E-state index contributed by atoms with van der Waals surface area (Å²) < 4.78 is 0. The molecule has 2 atom stereocenters. The molecule has 0 fully saturated rings. The average molecular weight is 158 g/mol. The lowest BCUT2D eigenvalue weighted by Gasteiger charge is -2.08. The SMILES string of the molecule is CC(O)CC(O)C/C=C/C=O. The van der Waals surface area contributed by atoms with Gasteiger partial charge in [-0.15, -0.1) is 0 Å². The van der Waals surface area contributed by atoms with E-state index in [1.807, 2.05) is 0 Å². The molecular weight excluding hydrogens is 144 g/mol. The Labute approximate surface area is 66.4 Å². The molecule has 0 aromatic heterocycles. The quantitative estimate of drug-likeness (QED) is 0.446. The van der Waals surface area contributed by atoms with Crippen LogP contribution in [0.25, 0.3) is 0 Å². The molecule has 0 saturated carbocycles. The highest BCUT2D eigenvalue weighted by molar-refractivity contribution is 5.64. The maximum atomic E-state index is 9.79. The van der Waals surface area contributed by atoms with Crippen molar-refractivity contribution < 1.29 is 15.0 Å². The van der Waals surface area contributed by atoms with E-state index in [0.717, 1.165) is 0 Å². The zero-order valence-corrected chi connectivity index (χ0v) is 6.60. The van der Waals surface area contributed by atoms with E-state index in [1.165, 1.54) is 6.08 Å². The van der Waals surface area contributed by atoms with Crippen molar-refractivity contribution in [2.24, 2.45) is 0 Å². The van der Waals surface area contributed by atoms with Gasteiger partial charge in [-0.3, -0.25) is 4.79 Å². The number of carbonyl (C=O) groups is 1. The summed E-state index contributed by atoms with van der Waals surface area (Å²) in [5, 5.41) is 17.9. The third kappa shape index (κ3) is 7.22. The van der Waals surface area contributed by atoms with Crippen molar-refractivity contribution in [2.45, 2.75) is 32.0 Å². The van der Waals surface area contributed by atoms with Gasteiger partial charge in [0.2, 0.25) is 0 Å². The number of aliphatic hydroxyl groups is 2. The van der Waals surface area contributed by atoms with Crippen LogP contribution in [0.1, 0.15) is 19.8 Å². The second kappa shape index (κ2) is 6.07. The summed E-state index contributed by atoms with van der Waals surface area (Å²) in [5.41, 5.74) is 0. The first kappa shape index (κ1) is 10.3. The van der Waals surface area contributed by atoms with Crippen LogP contribution >= 0.6 is 0 Å². The summed E-state index contributed by atoms with van der Waals surface area (Å²) in [6.07, 6.45) is 3.31. The predicted molar refractivity (Wildman–Crippen MR) is 42.1 cm³/mol. The van der Waals surface area contributed by atoms with E-state index >= 15 is 0 Å². The topological polar surface area (TPSA) is 57.5 Å². The fourth-order valence-electron chi connectivity index (χ4n) is 0.781. The van der Waals surface area contributed by atoms with Crippen LogP contribution in [0.4, 0.5) is 0 Å². The molecule has 64 valence electrons. The number of hydrogen-bond acceptors (Lipinski definition) is 3. The normalized spacial score (nSPS) is 16.6. The summed E-state index contributed by atoms with van der Waals surface area (Å²) in [5.74, 6) is 0. The van der Waals surface area contributed by atoms with Crippen molar-refractivity contribution in [1.29, 1.82) is 0 Å². The minimum absolute atomic E-state index is 0.350. The van der Waals surface area contributed by atoms with Gasteiger partial charge in [-0.2, -0.15) is 0 Å². The van der Waals surface area contributed by atoms with E-state index in [9.17, 15) is 4.79 Å². The Kier molecular flexibility index (Phi) is 5.70. The zero-order chi connectivity index (χ0) is 8.69. The van der Waals surface area contributed by atoms with Crippen molar-refractivity contribution in [1.82, 2.24) is 0 Å². The number of allylic oxidation sites excluding steroid dienone is 1. The van der Waals surface area contributed by atoms with E-state index in [-0.39, 0.29) is 0 Å². The van der Waals surface area contributed by atoms with Gasteiger partial charge in [0.25, 0.3) is 0 Å². The lowest BCUT2D eigenvalue weighted by Crippen LogP contribution is -2.13. The van der Waals surface area contributed by atoms with Gasteiger partial charge in [-0.05, 0) is 25.8 Å². The van der Waals surface area contributed by atoms with Crippen LogP contribution in [0.2, 0.25) is 0 Å². The van der Waals surface area contributed by atoms with Crippen LogP contribution in [0.5, 0.6) is 0 Å². The first-order chi connectivity index (χ1) is 5.16. The molecule has 0 aliphatic heterocycles. The van der Waals surface area contributed by atoms with Crippen molar-refractivity contribution >= 4 is 6.29 Å². The Bertz CT molecular complexity index is 129. The average Bonchev–Trinajstić information content (AvgIpc) is 1.86. The van der Waals surface area contributed by atoms with Crippen LogP contribution in [0.15, 0.2) is 12.2 Å². The molecule has 3 heteroatoms. The smallest absolute Gasteiger partial charge is 0.142 e. The third-order valence-electron chi connectivity index (χ3n) is 1.24. The van der Waals surface area contributed by atoms with Gasteiger partial charge in [-0.1, -0.05) is 6.08 Å². The number of aldehydes is 1. The van der Waals surface area contributed by atoms with Gasteiger partial charge in [0.15, 0.2) is 0 Å². The lowest BCUT2D eigenvalue weighted by atomic mass is 10.1. The lowest BCUT2D eigenvalue weighted by molar-refractivity contribution is -0.104. The molecule has 11 heavy (non-hydrogen) atoms. The van der Waals surface area contributed by atoms with Crippen molar-refractivity contribution in [3.8, 4) is 0 Å². The van der Waals surface area contributed by atoms with Crippen molar-refractivity contribution in [3.63, 3.8) is 0 Å². The molecule has 0 aromatic carbocycles. The van der Waals surface area contributed by atoms with Gasteiger partial charge < -0.3 is 10.2 Å². The van der Waals surface area contributed by atoms with Crippen LogP contribution in [0, 0.1) is 0 Å². The van der Waals surface area contributed by atoms with Crippen LogP contribution in [-0.4, -0.2) is 28.7 Å².